The summed E-state index contributed by atoms with van der Waals surface area (Å²) in [5, 5.41) is 12.2. The zero-order valence-electron chi connectivity index (χ0n) is 9.38. The fourth-order valence-electron chi connectivity index (χ4n) is 1.26. The molecule has 0 saturated carbocycles. The van der Waals surface area contributed by atoms with Crippen LogP contribution in [0.15, 0.2) is 0 Å². The molecule has 0 aromatic heterocycles. The second-order valence-electron chi connectivity index (χ2n) is 3.80. The first-order chi connectivity index (χ1) is 6.11. The molecule has 0 aromatic carbocycles. The summed E-state index contributed by atoms with van der Waals surface area (Å²) in [4.78, 5) is 2.29. The number of aliphatic hydroxyl groups is 1. The maximum atomic E-state index is 8.86. The normalized spacial score (nSPS) is 14.1. The second-order valence-corrected chi connectivity index (χ2v) is 3.80. The summed E-state index contributed by atoms with van der Waals surface area (Å²) in [6.45, 7) is 8.70. The third-order valence-electron chi connectivity index (χ3n) is 2.36. The molecule has 0 amide bonds. The number of nitrogens with zero attached hydrogens (tertiary/aromatic N) is 1. The van der Waals surface area contributed by atoms with Crippen LogP contribution in [0.4, 0.5) is 0 Å². The van der Waals surface area contributed by atoms with Crippen LogP contribution in [0, 0.1) is 0 Å². The quantitative estimate of drug-likeness (QED) is 0.617. The fraction of sp³-hybridized carbons (Fsp3) is 1.00. The van der Waals surface area contributed by atoms with E-state index in [0.717, 1.165) is 19.5 Å². The molecule has 0 aromatic rings. The van der Waals surface area contributed by atoms with Crippen LogP contribution in [0.1, 0.15) is 27.2 Å². The lowest BCUT2D eigenvalue weighted by molar-refractivity contribution is 0.208. The molecule has 0 heterocycles. The molecule has 80 valence electrons. The van der Waals surface area contributed by atoms with Gasteiger partial charge in [-0.25, -0.2) is 0 Å². The molecule has 0 spiro atoms. The van der Waals surface area contributed by atoms with Crippen molar-refractivity contribution in [2.45, 2.75) is 39.3 Å². The Morgan fingerprint density at radius 1 is 1.38 bits per heavy atom. The van der Waals surface area contributed by atoms with Gasteiger partial charge in [0.1, 0.15) is 0 Å². The highest BCUT2D eigenvalue weighted by atomic mass is 16.3. The largest absolute Gasteiger partial charge is 0.396 e. The molecule has 3 heteroatoms. The van der Waals surface area contributed by atoms with Crippen molar-refractivity contribution < 1.29 is 5.11 Å². The van der Waals surface area contributed by atoms with Gasteiger partial charge in [0.2, 0.25) is 0 Å². The Labute approximate surface area is 82.1 Å². The maximum Gasteiger partial charge on any atom is 0.0446 e. The van der Waals surface area contributed by atoms with Crippen molar-refractivity contribution in [3.63, 3.8) is 0 Å². The SMILES string of the molecule is CCNC(CCO)CN(C)C(C)C. The van der Waals surface area contributed by atoms with Crippen molar-refractivity contribution in [3.8, 4) is 0 Å². The molecule has 0 radical (unpaired) electrons. The minimum Gasteiger partial charge on any atom is -0.396 e. The van der Waals surface area contributed by atoms with Crippen LogP contribution in [0.25, 0.3) is 0 Å². The van der Waals surface area contributed by atoms with Crippen LogP contribution >= 0.6 is 0 Å². The Morgan fingerprint density at radius 2 is 2.00 bits per heavy atom. The predicted molar refractivity (Wildman–Crippen MR) is 56.9 cm³/mol. The van der Waals surface area contributed by atoms with Crippen molar-refractivity contribution >= 4 is 0 Å². The molecule has 0 aliphatic carbocycles. The van der Waals surface area contributed by atoms with E-state index in [-0.39, 0.29) is 6.61 Å². The van der Waals surface area contributed by atoms with E-state index in [4.69, 9.17) is 5.11 Å². The van der Waals surface area contributed by atoms with Gasteiger partial charge in [-0.3, -0.25) is 0 Å². The summed E-state index contributed by atoms with van der Waals surface area (Å²) in [5.41, 5.74) is 0. The Hall–Kier alpha value is -0.120. The lowest BCUT2D eigenvalue weighted by Crippen LogP contribution is -2.42. The van der Waals surface area contributed by atoms with E-state index in [9.17, 15) is 0 Å². The average molecular weight is 188 g/mol. The number of aliphatic hydroxyl groups excluding tert-OH is 1. The van der Waals surface area contributed by atoms with Gasteiger partial charge in [0.05, 0.1) is 0 Å². The summed E-state index contributed by atoms with van der Waals surface area (Å²) in [7, 11) is 2.12. The molecule has 0 aliphatic heterocycles. The first-order valence-electron chi connectivity index (χ1n) is 5.16. The van der Waals surface area contributed by atoms with Gasteiger partial charge in [-0.05, 0) is 33.9 Å². The van der Waals surface area contributed by atoms with E-state index in [1.165, 1.54) is 0 Å². The van der Waals surface area contributed by atoms with Crippen LogP contribution < -0.4 is 5.32 Å². The van der Waals surface area contributed by atoms with Crippen molar-refractivity contribution in [3.05, 3.63) is 0 Å². The molecule has 13 heavy (non-hydrogen) atoms. The van der Waals surface area contributed by atoms with E-state index in [0.29, 0.717) is 12.1 Å². The molecule has 1 unspecified atom stereocenters. The smallest absolute Gasteiger partial charge is 0.0446 e. The standard InChI is InChI=1S/C10H24N2O/c1-5-11-10(6-7-13)8-12(4)9(2)3/h9-11,13H,5-8H2,1-4H3. The molecule has 1 atom stereocenters. The van der Waals surface area contributed by atoms with E-state index < -0.39 is 0 Å². The van der Waals surface area contributed by atoms with Crippen molar-refractivity contribution in [1.29, 1.82) is 0 Å². The molecule has 0 bridgehead atoms. The van der Waals surface area contributed by atoms with Gasteiger partial charge >= 0.3 is 0 Å². The number of likely N-dealkylation sites (N-methyl/N-ethyl adjacent to an activating group) is 2. The minimum atomic E-state index is 0.267. The highest BCUT2D eigenvalue weighted by molar-refractivity contribution is 4.71. The summed E-state index contributed by atoms with van der Waals surface area (Å²) in [6.07, 6.45) is 0.838. The average Bonchev–Trinajstić information content (AvgIpc) is 2.05. The van der Waals surface area contributed by atoms with Gasteiger partial charge in [-0.2, -0.15) is 0 Å². The summed E-state index contributed by atoms with van der Waals surface area (Å²) < 4.78 is 0. The van der Waals surface area contributed by atoms with Crippen LogP contribution in [0.5, 0.6) is 0 Å². The number of hydrogen-bond acceptors (Lipinski definition) is 3. The lowest BCUT2D eigenvalue weighted by Gasteiger charge is -2.27. The molecule has 2 N–H and O–H groups in total. The number of nitrogens with one attached hydrogen (secondary N) is 1. The summed E-state index contributed by atoms with van der Waals surface area (Å²) in [5.74, 6) is 0. The van der Waals surface area contributed by atoms with Crippen molar-refractivity contribution in [1.82, 2.24) is 10.2 Å². The zero-order chi connectivity index (χ0) is 10.3. The first-order valence-corrected chi connectivity index (χ1v) is 5.16. The summed E-state index contributed by atoms with van der Waals surface area (Å²) >= 11 is 0. The van der Waals surface area contributed by atoms with Gasteiger partial charge in [-0.15, -0.1) is 0 Å². The van der Waals surface area contributed by atoms with E-state index >= 15 is 0 Å². The van der Waals surface area contributed by atoms with E-state index in [1.807, 2.05) is 0 Å². The predicted octanol–water partition coefficient (Wildman–Crippen LogP) is 0.687. The van der Waals surface area contributed by atoms with Gasteiger partial charge in [0.25, 0.3) is 0 Å². The van der Waals surface area contributed by atoms with Crippen LogP contribution in [0.3, 0.4) is 0 Å². The van der Waals surface area contributed by atoms with Gasteiger partial charge < -0.3 is 15.3 Å². The Bertz CT molecular complexity index is 111. The van der Waals surface area contributed by atoms with E-state index in [1.54, 1.807) is 0 Å². The van der Waals surface area contributed by atoms with Crippen LogP contribution in [0.2, 0.25) is 0 Å². The Kier molecular flexibility index (Phi) is 7.23. The molecule has 0 aliphatic rings. The molecule has 3 nitrogen and oxygen atoms in total. The minimum absolute atomic E-state index is 0.267. The van der Waals surface area contributed by atoms with Crippen LogP contribution in [-0.2, 0) is 0 Å². The maximum absolute atomic E-state index is 8.86. The Balaban J connectivity index is 3.78. The summed E-state index contributed by atoms with van der Waals surface area (Å²) in [6, 6.07) is 0.988. The van der Waals surface area contributed by atoms with Gasteiger partial charge in [0, 0.05) is 25.2 Å². The van der Waals surface area contributed by atoms with E-state index in [2.05, 4.69) is 38.0 Å². The van der Waals surface area contributed by atoms with Crippen molar-refractivity contribution in [2.75, 3.05) is 26.7 Å². The fourth-order valence-corrected chi connectivity index (χ4v) is 1.26. The third-order valence-corrected chi connectivity index (χ3v) is 2.36. The molecular weight excluding hydrogens is 164 g/mol. The lowest BCUT2D eigenvalue weighted by atomic mass is 10.2. The topological polar surface area (TPSA) is 35.5 Å². The molecule has 0 rings (SSSR count). The second kappa shape index (κ2) is 7.30. The number of hydrogen-bond donors (Lipinski definition) is 2. The van der Waals surface area contributed by atoms with Crippen molar-refractivity contribution in [2.24, 2.45) is 0 Å². The number of rotatable bonds is 7. The third kappa shape index (κ3) is 6.02. The molecular formula is C10H24N2O. The molecule has 0 fully saturated rings. The van der Waals surface area contributed by atoms with Crippen LogP contribution in [-0.4, -0.2) is 48.8 Å². The highest BCUT2D eigenvalue weighted by Gasteiger charge is 2.11. The Morgan fingerprint density at radius 3 is 2.38 bits per heavy atom. The van der Waals surface area contributed by atoms with Gasteiger partial charge in [0.15, 0.2) is 0 Å². The zero-order valence-corrected chi connectivity index (χ0v) is 9.38. The van der Waals surface area contributed by atoms with Gasteiger partial charge in [-0.1, -0.05) is 6.92 Å². The molecule has 0 saturated heterocycles. The first kappa shape index (κ1) is 12.9. The highest BCUT2D eigenvalue weighted by Crippen LogP contribution is 1.99. The monoisotopic (exact) mass is 188 g/mol.